The number of aryl methyl sites for hydroxylation is 1. The monoisotopic (exact) mass is 304 g/mol. The zero-order valence-corrected chi connectivity index (χ0v) is 13.0. The van der Waals surface area contributed by atoms with Crippen LogP contribution in [0.4, 0.5) is 5.69 Å². The summed E-state index contributed by atoms with van der Waals surface area (Å²) in [6.07, 6.45) is 1.81. The third kappa shape index (κ3) is 4.86. The minimum absolute atomic E-state index is 0.211. The summed E-state index contributed by atoms with van der Waals surface area (Å²) in [4.78, 5) is 18.5. The number of rotatable bonds is 8. The third-order valence-corrected chi connectivity index (χ3v) is 4.39. The highest BCUT2D eigenvalue weighted by molar-refractivity contribution is 7.09. The first-order valence-corrected chi connectivity index (χ1v) is 7.95. The second kappa shape index (κ2) is 7.78. The Labute approximate surface area is 129 Å². The Bertz CT molecular complexity index is 569. The lowest BCUT2D eigenvalue weighted by Crippen LogP contribution is -2.27. The van der Waals surface area contributed by atoms with Crippen LogP contribution >= 0.6 is 11.3 Å². The lowest BCUT2D eigenvalue weighted by Gasteiger charge is -2.24. The van der Waals surface area contributed by atoms with Gasteiger partial charge in [-0.25, -0.2) is 4.98 Å². The topological polar surface area (TPSA) is 53.4 Å². The normalized spacial score (nSPS) is 10.5. The molecule has 0 aliphatic carbocycles. The number of carboxylic acids is 1. The standard InChI is InChI=1S/C16H20N2O2S/c1-13-15(21-12-17-13)9-11-18(10-5-8-16(19)20)14-6-3-2-4-7-14/h2-4,6-7,12H,5,8-11H2,1H3,(H,19,20). The number of nitrogens with zero attached hydrogens (tertiary/aromatic N) is 2. The SMILES string of the molecule is Cc1ncsc1CCN(CCCC(=O)O)c1ccccc1. The first-order chi connectivity index (χ1) is 10.2. The van der Waals surface area contributed by atoms with Gasteiger partial charge in [0.1, 0.15) is 0 Å². The number of carboxylic acid groups (broad SMARTS) is 1. The van der Waals surface area contributed by atoms with Gasteiger partial charge in [0, 0.05) is 36.5 Å². The molecule has 2 aromatic rings. The van der Waals surface area contributed by atoms with E-state index < -0.39 is 5.97 Å². The van der Waals surface area contributed by atoms with Crippen LogP contribution in [-0.4, -0.2) is 29.1 Å². The lowest BCUT2D eigenvalue weighted by molar-refractivity contribution is -0.137. The van der Waals surface area contributed by atoms with Crippen molar-refractivity contribution >= 4 is 23.0 Å². The maximum Gasteiger partial charge on any atom is 0.303 e. The predicted molar refractivity (Wildman–Crippen MR) is 86.1 cm³/mol. The van der Waals surface area contributed by atoms with Crippen molar-refractivity contribution in [3.8, 4) is 0 Å². The lowest BCUT2D eigenvalue weighted by atomic mass is 10.2. The van der Waals surface area contributed by atoms with E-state index in [-0.39, 0.29) is 6.42 Å². The Morgan fingerprint density at radius 1 is 1.29 bits per heavy atom. The Morgan fingerprint density at radius 2 is 2.05 bits per heavy atom. The molecule has 0 radical (unpaired) electrons. The minimum atomic E-state index is -0.735. The molecule has 0 saturated carbocycles. The van der Waals surface area contributed by atoms with Crippen LogP contribution in [-0.2, 0) is 11.2 Å². The molecule has 21 heavy (non-hydrogen) atoms. The van der Waals surface area contributed by atoms with Gasteiger partial charge in [0.25, 0.3) is 0 Å². The van der Waals surface area contributed by atoms with Gasteiger partial charge < -0.3 is 10.0 Å². The van der Waals surface area contributed by atoms with Gasteiger partial charge in [-0.15, -0.1) is 11.3 Å². The smallest absolute Gasteiger partial charge is 0.303 e. The van der Waals surface area contributed by atoms with Gasteiger partial charge in [0.2, 0.25) is 0 Å². The number of hydrogen-bond acceptors (Lipinski definition) is 4. The summed E-state index contributed by atoms with van der Waals surface area (Å²) >= 11 is 1.68. The second-order valence-corrected chi connectivity index (χ2v) is 5.87. The molecular weight excluding hydrogens is 284 g/mol. The first-order valence-electron chi connectivity index (χ1n) is 7.07. The van der Waals surface area contributed by atoms with E-state index in [0.29, 0.717) is 6.42 Å². The molecule has 1 aromatic heterocycles. The molecule has 0 aliphatic heterocycles. The van der Waals surface area contributed by atoms with Gasteiger partial charge in [0.15, 0.2) is 0 Å². The van der Waals surface area contributed by atoms with Gasteiger partial charge in [-0.2, -0.15) is 0 Å². The Morgan fingerprint density at radius 3 is 2.67 bits per heavy atom. The van der Waals surface area contributed by atoms with Gasteiger partial charge >= 0.3 is 5.97 Å². The van der Waals surface area contributed by atoms with Crippen molar-refractivity contribution in [1.29, 1.82) is 0 Å². The number of benzene rings is 1. The average molecular weight is 304 g/mol. The fourth-order valence-corrected chi connectivity index (χ4v) is 3.00. The fraction of sp³-hybridized carbons (Fsp3) is 0.375. The summed E-state index contributed by atoms with van der Waals surface area (Å²) < 4.78 is 0. The molecule has 0 saturated heterocycles. The Balaban J connectivity index is 1.98. The van der Waals surface area contributed by atoms with Crippen LogP contribution in [0.15, 0.2) is 35.8 Å². The van der Waals surface area contributed by atoms with Crippen LogP contribution in [0.2, 0.25) is 0 Å². The van der Waals surface area contributed by atoms with Crippen molar-refractivity contribution in [2.45, 2.75) is 26.2 Å². The van der Waals surface area contributed by atoms with Crippen LogP contribution in [0.1, 0.15) is 23.4 Å². The number of para-hydroxylation sites is 1. The molecule has 0 amide bonds. The minimum Gasteiger partial charge on any atom is -0.481 e. The molecule has 0 fully saturated rings. The molecule has 0 spiro atoms. The van der Waals surface area contributed by atoms with Crippen LogP contribution in [0.3, 0.4) is 0 Å². The quantitative estimate of drug-likeness (QED) is 0.812. The molecule has 4 nitrogen and oxygen atoms in total. The van der Waals surface area contributed by atoms with E-state index in [4.69, 9.17) is 5.11 Å². The fourth-order valence-electron chi connectivity index (χ4n) is 2.23. The van der Waals surface area contributed by atoms with Gasteiger partial charge in [0.05, 0.1) is 11.2 Å². The van der Waals surface area contributed by atoms with E-state index in [9.17, 15) is 4.79 Å². The van der Waals surface area contributed by atoms with Crippen molar-refractivity contribution in [3.63, 3.8) is 0 Å². The van der Waals surface area contributed by atoms with Crippen molar-refractivity contribution < 1.29 is 9.90 Å². The highest BCUT2D eigenvalue weighted by Crippen LogP contribution is 2.18. The second-order valence-electron chi connectivity index (χ2n) is 4.93. The molecule has 0 unspecified atom stereocenters. The first kappa shape index (κ1) is 15.5. The van der Waals surface area contributed by atoms with Crippen LogP contribution in [0.25, 0.3) is 0 Å². The largest absolute Gasteiger partial charge is 0.481 e. The number of aromatic nitrogens is 1. The number of thiazole rings is 1. The number of hydrogen-bond donors (Lipinski definition) is 1. The molecule has 1 aromatic carbocycles. The van der Waals surface area contributed by atoms with Gasteiger partial charge in [-0.1, -0.05) is 18.2 Å². The van der Waals surface area contributed by atoms with E-state index in [0.717, 1.165) is 30.9 Å². The molecule has 2 rings (SSSR count). The zero-order chi connectivity index (χ0) is 15.1. The Kier molecular flexibility index (Phi) is 5.75. The summed E-state index contributed by atoms with van der Waals surface area (Å²) in [5.41, 5.74) is 4.12. The summed E-state index contributed by atoms with van der Waals surface area (Å²) in [6.45, 7) is 3.67. The number of anilines is 1. The highest BCUT2D eigenvalue weighted by Gasteiger charge is 2.09. The molecule has 0 atom stereocenters. The van der Waals surface area contributed by atoms with Crippen molar-refractivity contribution in [1.82, 2.24) is 4.98 Å². The van der Waals surface area contributed by atoms with Crippen LogP contribution in [0.5, 0.6) is 0 Å². The Hall–Kier alpha value is -1.88. The van der Waals surface area contributed by atoms with Crippen LogP contribution < -0.4 is 4.90 Å². The summed E-state index contributed by atoms with van der Waals surface area (Å²) in [5, 5.41) is 8.79. The average Bonchev–Trinajstić information content (AvgIpc) is 2.88. The summed E-state index contributed by atoms with van der Waals surface area (Å²) in [7, 11) is 0. The van der Waals surface area contributed by atoms with Crippen molar-refractivity contribution in [2.24, 2.45) is 0 Å². The van der Waals surface area contributed by atoms with E-state index in [1.165, 1.54) is 4.88 Å². The summed E-state index contributed by atoms with van der Waals surface area (Å²) in [6, 6.07) is 10.2. The zero-order valence-electron chi connectivity index (χ0n) is 12.2. The van der Waals surface area contributed by atoms with Crippen molar-refractivity contribution in [3.05, 3.63) is 46.4 Å². The van der Waals surface area contributed by atoms with E-state index in [1.54, 1.807) is 11.3 Å². The molecule has 112 valence electrons. The number of carbonyl (C=O) groups is 1. The molecule has 0 bridgehead atoms. The van der Waals surface area contributed by atoms with E-state index in [1.807, 2.05) is 30.6 Å². The van der Waals surface area contributed by atoms with Crippen LogP contribution in [0, 0.1) is 6.92 Å². The highest BCUT2D eigenvalue weighted by atomic mass is 32.1. The van der Waals surface area contributed by atoms with E-state index >= 15 is 0 Å². The molecular formula is C16H20N2O2S. The predicted octanol–water partition coefficient (Wildman–Crippen LogP) is 3.37. The molecule has 1 N–H and O–H groups in total. The van der Waals surface area contributed by atoms with E-state index in [2.05, 4.69) is 22.0 Å². The molecule has 5 heteroatoms. The van der Waals surface area contributed by atoms with Gasteiger partial charge in [-0.05, 0) is 25.5 Å². The maximum atomic E-state index is 10.7. The van der Waals surface area contributed by atoms with Gasteiger partial charge in [-0.3, -0.25) is 4.79 Å². The maximum absolute atomic E-state index is 10.7. The summed E-state index contributed by atoms with van der Waals surface area (Å²) in [5.74, 6) is -0.735. The third-order valence-electron chi connectivity index (χ3n) is 3.39. The van der Waals surface area contributed by atoms with Crippen molar-refractivity contribution in [2.75, 3.05) is 18.0 Å². The number of aliphatic carboxylic acids is 1. The molecule has 1 heterocycles. The molecule has 0 aliphatic rings.